The number of hydrogen-bond donors (Lipinski definition) is 1. The molecule has 6 nitrogen and oxygen atoms in total. The van der Waals surface area contributed by atoms with Crippen molar-refractivity contribution in [3.05, 3.63) is 0 Å². The summed E-state index contributed by atoms with van der Waals surface area (Å²) in [7, 11) is 1.63. The van der Waals surface area contributed by atoms with Crippen molar-refractivity contribution in [2.75, 3.05) is 46.4 Å². The number of likely N-dealkylation sites (tertiary alicyclic amines) is 1. The van der Waals surface area contributed by atoms with Crippen LogP contribution in [0.5, 0.6) is 0 Å². The lowest BCUT2D eigenvalue weighted by Gasteiger charge is -2.33. The van der Waals surface area contributed by atoms with E-state index >= 15 is 0 Å². The van der Waals surface area contributed by atoms with Crippen LogP contribution in [0.15, 0.2) is 0 Å². The third-order valence-corrected chi connectivity index (χ3v) is 3.79. The van der Waals surface area contributed by atoms with Crippen LogP contribution in [-0.4, -0.2) is 74.1 Å². The number of nitrogens with zero attached hydrogens (tertiary/aromatic N) is 2. The molecular formula is C13H24ClN3O3. The molecule has 0 bridgehead atoms. The Labute approximate surface area is 126 Å². The second-order valence-corrected chi connectivity index (χ2v) is 5.12. The summed E-state index contributed by atoms with van der Waals surface area (Å²) in [4.78, 5) is 27.9. The number of halogens is 1. The molecule has 7 heteroatoms. The van der Waals surface area contributed by atoms with Crippen molar-refractivity contribution in [1.82, 2.24) is 15.1 Å². The van der Waals surface area contributed by atoms with Gasteiger partial charge in [0.2, 0.25) is 11.8 Å². The number of rotatable bonds is 5. The number of amides is 2. The Morgan fingerprint density at radius 3 is 2.70 bits per heavy atom. The van der Waals surface area contributed by atoms with Crippen molar-refractivity contribution in [2.45, 2.75) is 25.3 Å². The first kappa shape index (κ1) is 17.2. The molecule has 116 valence electrons. The number of carbonyl (C=O) groups is 2. The van der Waals surface area contributed by atoms with E-state index in [0.717, 1.165) is 32.5 Å². The standard InChI is InChI=1S/C13H23N3O3.ClH/c1-19-9-8-16-7-4-14-11(13(16)18)10-12(17)15-5-2-3-6-15;/h11,14H,2-10H2,1H3;1H. The van der Waals surface area contributed by atoms with Crippen molar-refractivity contribution >= 4 is 24.2 Å². The smallest absolute Gasteiger partial charge is 0.240 e. The number of ether oxygens (including phenoxy) is 1. The Hall–Kier alpha value is -0.850. The normalized spacial score (nSPS) is 22.9. The third-order valence-electron chi connectivity index (χ3n) is 3.79. The Balaban J connectivity index is 0.00000200. The molecule has 2 aliphatic rings. The molecule has 2 heterocycles. The second-order valence-electron chi connectivity index (χ2n) is 5.12. The topological polar surface area (TPSA) is 61.9 Å². The molecule has 2 amide bonds. The van der Waals surface area contributed by atoms with Crippen LogP contribution < -0.4 is 5.32 Å². The fraction of sp³-hybridized carbons (Fsp3) is 0.846. The lowest BCUT2D eigenvalue weighted by atomic mass is 10.1. The minimum Gasteiger partial charge on any atom is -0.383 e. The summed E-state index contributed by atoms with van der Waals surface area (Å²) in [5.41, 5.74) is 0. The van der Waals surface area contributed by atoms with Crippen molar-refractivity contribution in [3.8, 4) is 0 Å². The van der Waals surface area contributed by atoms with Gasteiger partial charge in [-0.2, -0.15) is 0 Å². The van der Waals surface area contributed by atoms with Gasteiger partial charge < -0.3 is 19.9 Å². The Morgan fingerprint density at radius 1 is 1.35 bits per heavy atom. The quantitative estimate of drug-likeness (QED) is 0.768. The fourth-order valence-electron chi connectivity index (χ4n) is 2.64. The van der Waals surface area contributed by atoms with Gasteiger partial charge in [-0.3, -0.25) is 9.59 Å². The summed E-state index contributed by atoms with van der Waals surface area (Å²) in [5.74, 6) is 0.118. The van der Waals surface area contributed by atoms with Gasteiger partial charge >= 0.3 is 0 Å². The van der Waals surface area contributed by atoms with Crippen LogP contribution in [0.25, 0.3) is 0 Å². The highest BCUT2D eigenvalue weighted by Crippen LogP contribution is 2.12. The average molecular weight is 306 g/mol. The van der Waals surface area contributed by atoms with Gasteiger partial charge in [-0.1, -0.05) is 0 Å². The van der Waals surface area contributed by atoms with Gasteiger partial charge in [0, 0.05) is 39.8 Å². The van der Waals surface area contributed by atoms with Crippen LogP contribution in [0.3, 0.4) is 0 Å². The lowest BCUT2D eigenvalue weighted by Crippen LogP contribution is -2.56. The van der Waals surface area contributed by atoms with Crippen LogP contribution in [0, 0.1) is 0 Å². The van der Waals surface area contributed by atoms with E-state index < -0.39 is 0 Å². The van der Waals surface area contributed by atoms with Gasteiger partial charge in [-0.05, 0) is 12.8 Å². The highest BCUT2D eigenvalue weighted by molar-refractivity contribution is 5.89. The molecule has 20 heavy (non-hydrogen) atoms. The van der Waals surface area contributed by atoms with Gasteiger partial charge in [0.1, 0.15) is 0 Å². The monoisotopic (exact) mass is 305 g/mol. The summed E-state index contributed by atoms with van der Waals surface area (Å²) in [5, 5.41) is 3.15. The second kappa shape index (κ2) is 8.44. The lowest BCUT2D eigenvalue weighted by molar-refractivity contribution is -0.141. The number of methoxy groups -OCH3 is 1. The molecule has 0 saturated carbocycles. The zero-order chi connectivity index (χ0) is 13.7. The summed E-state index contributed by atoms with van der Waals surface area (Å²) in [6, 6.07) is -0.362. The minimum atomic E-state index is -0.362. The van der Waals surface area contributed by atoms with Gasteiger partial charge in [-0.25, -0.2) is 0 Å². The molecule has 2 rings (SSSR count). The largest absolute Gasteiger partial charge is 0.383 e. The Kier molecular flexibility index (Phi) is 7.26. The van der Waals surface area contributed by atoms with Crippen molar-refractivity contribution in [3.63, 3.8) is 0 Å². The molecule has 1 N–H and O–H groups in total. The van der Waals surface area contributed by atoms with E-state index in [1.54, 1.807) is 12.0 Å². The van der Waals surface area contributed by atoms with Crippen LogP contribution in [0.4, 0.5) is 0 Å². The van der Waals surface area contributed by atoms with Crippen LogP contribution in [0.2, 0.25) is 0 Å². The summed E-state index contributed by atoms with van der Waals surface area (Å²) in [6.45, 7) is 4.26. The Bertz CT molecular complexity index is 335. The van der Waals surface area contributed by atoms with E-state index in [9.17, 15) is 9.59 Å². The summed E-state index contributed by atoms with van der Waals surface area (Å²) >= 11 is 0. The third kappa shape index (κ3) is 4.33. The summed E-state index contributed by atoms with van der Waals surface area (Å²) < 4.78 is 5.00. The molecule has 2 fully saturated rings. The molecule has 0 aromatic rings. The molecule has 2 saturated heterocycles. The molecule has 0 aromatic carbocycles. The average Bonchev–Trinajstić information content (AvgIpc) is 2.94. The number of hydrogen-bond acceptors (Lipinski definition) is 4. The van der Waals surface area contributed by atoms with Crippen molar-refractivity contribution < 1.29 is 14.3 Å². The molecule has 0 aliphatic carbocycles. The number of piperazine rings is 1. The number of nitrogens with one attached hydrogen (secondary N) is 1. The van der Waals surface area contributed by atoms with Gasteiger partial charge in [0.25, 0.3) is 0 Å². The molecule has 2 aliphatic heterocycles. The number of carbonyl (C=O) groups excluding carboxylic acids is 2. The molecular weight excluding hydrogens is 282 g/mol. The van der Waals surface area contributed by atoms with Gasteiger partial charge in [0.15, 0.2) is 0 Å². The Morgan fingerprint density at radius 2 is 2.05 bits per heavy atom. The van der Waals surface area contributed by atoms with Crippen LogP contribution in [-0.2, 0) is 14.3 Å². The first-order chi connectivity index (χ1) is 9.22. The van der Waals surface area contributed by atoms with E-state index in [4.69, 9.17) is 4.74 Å². The summed E-state index contributed by atoms with van der Waals surface area (Å²) in [6.07, 6.45) is 2.44. The van der Waals surface area contributed by atoms with E-state index in [2.05, 4.69) is 5.32 Å². The zero-order valence-corrected chi connectivity index (χ0v) is 12.8. The van der Waals surface area contributed by atoms with Gasteiger partial charge in [0.05, 0.1) is 19.1 Å². The van der Waals surface area contributed by atoms with Crippen LogP contribution in [0.1, 0.15) is 19.3 Å². The maximum Gasteiger partial charge on any atom is 0.240 e. The molecule has 0 spiro atoms. The predicted octanol–water partition coefficient (Wildman–Crippen LogP) is -0.132. The van der Waals surface area contributed by atoms with Crippen molar-refractivity contribution in [2.24, 2.45) is 0 Å². The van der Waals surface area contributed by atoms with Crippen LogP contribution >= 0.6 is 12.4 Å². The van der Waals surface area contributed by atoms with E-state index in [0.29, 0.717) is 19.7 Å². The first-order valence-corrected chi connectivity index (χ1v) is 7.01. The van der Waals surface area contributed by atoms with E-state index in [-0.39, 0.29) is 36.7 Å². The van der Waals surface area contributed by atoms with E-state index in [1.165, 1.54) is 0 Å². The highest BCUT2D eigenvalue weighted by atomic mass is 35.5. The zero-order valence-electron chi connectivity index (χ0n) is 12.0. The SMILES string of the molecule is COCCN1CCNC(CC(=O)N2CCCC2)C1=O.Cl. The molecule has 0 radical (unpaired) electrons. The highest BCUT2D eigenvalue weighted by Gasteiger charge is 2.31. The van der Waals surface area contributed by atoms with E-state index in [1.807, 2.05) is 4.90 Å². The minimum absolute atomic E-state index is 0. The maximum atomic E-state index is 12.2. The molecule has 1 unspecified atom stereocenters. The predicted molar refractivity (Wildman–Crippen MR) is 77.9 cm³/mol. The molecule has 0 aromatic heterocycles. The van der Waals surface area contributed by atoms with Gasteiger partial charge in [-0.15, -0.1) is 12.4 Å². The maximum absolute atomic E-state index is 12.2. The first-order valence-electron chi connectivity index (χ1n) is 7.01. The van der Waals surface area contributed by atoms with Crippen molar-refractivity contribution in [1.29, 1.82) is 0 Å². The molecule has 1 atom stereocenters. The fourth-order valence-corrected chi connectivity index (χ4v) is 2.64.